The Labute approximate surface area is 103 Å². The number of piperidine rings is 1. The van der Waals surface area contributed by atoms with Crippen LogP contribution in [0.3, 0.4) is 0 Å². The smallest absolute Gasteiger partial charge is 0.149 e. The molecule has 0 bridgehead atoms. The third-order valence-corrected chi connectivity index (χ3v) is 3.68. The van der Waals surface area contributed by atoms with E-state index in [1.54, 1.807) is 6.20 Å². The maximum Gasteiger partial charge on any atom is 0.149 e. The number of anilines is 2. The second-order valence-electron chi connectivity index (χ2n) is 5.08. The highest BCUT2D eigenvalue weighted by molar-refractivity contribution is 5.43. The normalized spacial score (nSPS) is 17.5. The Kier molecular flexibility index (Phi) is 3.82. The van der Waals surface area contributed by atoms with Crippen LogP contribution in [0.2, 0.25) is 0 Å². The summed E-state index contributed by atoms with van der Waals surface area (Å²) in [6.07, 6.45) is 6.15. The molecular weight excluding hydrogens is 212 g/mol. The molecule has 4 heteroatoms. The highest BCUT2D eigenvalue weighted by Crippen LogP contribution is 2.26. The van der Waals surface area contributed by atoms with Crippen LogP contribution in [0.15, 0.2) is 12.4 Å². The first kappa shape index (κ1) is 12.1. The van der Waals surface area contributed by atoms with Gasteiger partial charge >= 0.3 is 0 Å². The van der Waals surface area contributed by atoms with Crippen molar-refractivity contribution < 1.29 is 0 Å². The van der Waals surface area contributed by atoms with E-state index in [2.05, 4.69) is 34.0 Å². The first-order valence-corrected chi connectivity index (χ1v) is 6.45. The number of aromatic nitrogens is 2. The average molecular weight is 234 g/mol. The summed E-state index contributed by atoms with van der Waals surface area (Å²) in [5, 5.41) is 3.03. The Balaban J connectivity index is 2.00. The van der Waals surface area contributed by atoms with Gasteiger partial charge in [0.05, 0.1) is 12.4 Å². The summed E-state index contributed by atoms with van der Waals surface area (Å²) < 4.78 is 0. The van der Waals surface area contributed by atoms with E-state index in [1.165, 1.54) is 12.8 Å². The Morgan fingerprint density at radius 2 is 2.00 bits per heavy atom. The SMILES string of the molecule is CNc1cncc(N2CCC(C(C)C)CC2)n1. The highest BCUT2D eigenvalue weighted by Gasteiger charge is 2.22. The molecule has 0 atom stereocenters. The van der Waals surface area contributed by atoms with Gasteiger partial charge < -0.3 is 10.2 Å². The standard InChI is InChI=1S/C13H22N4/c1-10(2)11-4-6-17(7-5-11)13-9-15-8-12(14-3)16-13/h8-11H,4-7H2,1-3H3,(H,14,16). The van der Waals surface area contributed by atoms with E-state index in [1.807, 2.05) is 13.2 Å². The van der Waals surface area contributed by atoms with Crippen molar-refractivity contribution in [3.63, 3.8) is 0 Å². The molecule has 1 N–H and O–H groups in total. The van der Waals surface area contributed by atoms with Crippen molar-refractivity contribution in [1.29, 1.82) is 0 Å². The fraction of sp³-hybridized carbons (Fsp3) is 0.692. The Hall–Kier alpha value is -1.32. The zero-order chi connectivity index (χ0) is 12.3. The number of nitrogens with one attached hydrogen (secondary N) is 1. The number of rotatable bonds is 3. The van der Waals surface area contributed by atoms with Gasteiger partial charge in [-0.2, -0.15) is 0 Å². The van der Waals surface area contributed by atoms with Gasteiger partial charge in [-0.1, -0.05) is 13.8 Å². The maximum absolute atomic E-state index is 4.54. The van der Waals surface area contributed by atoms with Crippen LogP contribution in [0.4, 0.5) is 11.6 Å². The third-order valence-electron chi connectivity index (χ3n) is 3.68. The summed E-state index contributed by atoms with van der Waals surface area (Å²) in [5.41, 5.74) is 0. The minimum Gasteiger partial charge on any atom is -0.372 e. The van der Waals surface area contributed by atoms with E-state index in [0.717, 1.165) is 36.6 Å². The minimum absolute atomic E-state index is 0.798. The predicted octanol–water partition coefficient (Wildman–Crippen LogP) is 2.39. The van der Waals surface area contributed by atoms with E-state index >= 15 is 0 Å². The van der Waals surface area contributed by atoms with Crippen molar-refractivity contribution in [3.8, 4) is 0 Å². The molecule has 4 nitrogen and oxygen atoms in total. The van der Waals surface area contributed by atoms with Crippen molar-refractivity contribution in [2.75, 3.05) is 30.4 Å². The van der Waals surface area contributed by atoms with Crippen LogP contribution in [0, 0.1) is 11.8 Å². The fourth-order valence-corrected chi connectivity index (χ4v) is 2.42. The lowest BCUT2D eigenvalue weighted by molar-refractivity contribution is 0.310. The molecule has 0 radical (unpaired) electrons. The van der Waals surface area contributed by atoms with Gasteiger partial charge in [0.1, 0.15) is 11.6 Å². The Morgan fingerprint density at radius 3 is 2.59 bits per heavy atom. The van der Waals surface area contributed by atoms with Gasteiger partial charge in [0.25, 0.3) is 0 Å². The van der Waals surface area contributed by atoms with Gasteiger partial charge in [-0.25, -0.2) is 4.98 Å². The fourth-order valence-electron chi connectivity index (χ4n) is 2.42. The van der Waals surface area contributed by atoms with Crippen LogP contribution in [-0.4, -0.2) is 30.1 Å². The summed E-state index contributed by atoms with van der Waals surface area (Å²) in [6, 6.07) is 0. The first-order chi connectivity index (χ1) is 8.20. The molecular formula is C13H22N4. The molecule has 2 rings (SSSR count). The zero-order valence-corrected chi connectivity index (χ0v) is 11.0. The van der Waals surface area contributed by atoms with Crippen molar-refractivity contribution in [1.82, 2.24) is 9.97 Å². The predicted molar refractivity (Wildman–Crippen MR) is 71.4 cm³/mol. The number of hydrogen-bond acceptors (Lipinski definition) is 4. The molecule has 17 heavy (non-hydrogen) atoms. The van der Waals surface area contributed by atoms with Crippen LogP contribution in [0.5, 0.6) is 0 Å². The lowest BCUT2D eigenvalue weighted by Crippen LogP contribution is -2.35. The summed E-state index contributed by atoms with van der Waals surface area (Å²) in [6.45, 7) is 6.85. The van der Waals surface area contributed by atoms with E-state index in [4.69, 9.17) is 0 Å². The average Bonchev–Trinajstić information content (AvgIpc) is 2.39. The number of hydrogen-bond donors (Lipinski definition) is 1. The van der Waals surface area contributed by atoms with E-state index in [9.17, 15) is 0 Å². The molecule has 1 aromatic heterocycles. The molecule has 2 heterocycles. The molecule has 0 unspecified atom stereocenters. The number of nitrogens with zero attached hydrogens (tertiary/aromatic N) is 3. The van der Waals surface area contributed by atoms with Crippen molar-refractivity contribution in [3.05, 3.63) is 12.4 Å². The molecule has 0 amide bonds. The molecule has 1 saturated heterocycles. The molecule has 0 spiro atoms. The zero-order valence-electron chi connectivity index (χ0n) is 11.0. The van der Waals surface area contributed by atoms with E-state index in [-0.39, 0.29) is 0 Å². The van der Waals surface area contributed by atoms with E-state index < -0.39 is 0 Å². The monoisotopic (exact) mass is 234 g/mol. The molecule has 0 saturated carbocycles. The van der Waals surface area contributed by atoms with E-state index in [0.29, 0.717) is 0 Å². The quantitative estimate of drug-likeness (QED) is 0.872. The summed E-state index contributed by atoms with van der Waals surface area (Å²) in [4.78, 5) is 11.1. The first-order valence-electron chi connectivity index (χ1n) is 6.45. The second-order valence-corrected chi connectivity index (χ2v) is 5.08. The maximum atomic E-state index is 4.54. The molecule has 1 aromatic rings. The molecule has 1 aliphatic heterocycles. The molecule has 1 aliphatic rings. The molecule has 0 aliphatic carbocycles. The van der Waals surface area contributed by atoms with Crippen molar-refractivity contribution >= 4 is 11.6 Å². The molecule has 1 fully saturated rings. The minimum atomic E-state index is 0.798. The summed E-state index contributed by atoms with van der Waals surface area (Å²) >= 11 is 0. The second kappa shape index (κ2) is 5.34. The molecule has 94 valence electrons. The largest absolute Gasteiger partial charge is 0.372 e. The van der Waals surface area contributed by atoms with Crippen molar-refractivity contribution in [2.45, 2.75) is 26.7 Å². The van der Waals surface area contributed by atoms with Gasteiger partial charge in [-0.15, -0.1) is 0 Å². The Bertz CT molecular complexity index is 356. The lowest BCUT2D eigenvalue weighted by atomic mass is 9.87. The highest BCUT2D eigenvalue weighted by atomic mass is 15.2. The van der Waals surface area contributed by atoms with Crippen LogP contribution >= 0.6 is 0 Å². The van der Waals surface area contributed by atoms with Gasteiger partial charge in [-0.05, 0) is 24.7 Å². The van der Waals surface area contributed by atoms with Crippen molar-refractivity contribution in [2.24, 2.45) is 11.8 Å². The molecule has 0 aromatic carbocycles. The lowest BCUT2D eigenvalue weighted by Gasteiger charge is -2.34. The van der Waals surface area contributed by atoms with Gasteiger partial charge in [-0.3, -0.25) is 4.98 Å². The van der Waals surface area contributed by atoms with Crippen LogP contribution in [0.25, 0.3) is 0 Å². The van der Waals surface area contributed by atoms with Crippen LogP contribution < -0.4 is 10.2 Å². The van der Waals surface area contributed by atoms with Crippen LogP contribution in [-0.2, 0) is 0 Å². The summed E-state index contributed by atoms with van der Waals surface area (Å²) in [5.74, 6) is 3.51. The van der Waals surface area contributed by atoms with Crippen LogP contribution in [0.1, 0.15) is 26.7 Å². The van der Waals surface area contributed by atoms with Gasteiger partial charge in [0, 0.05) is 20.1 Å². The summed E-state index contributed by atoms with van der Waals surface area (Å²) in [7, 11) is 1.87. The topological polar surface area (TPSA) is 41.1 Å². The third kappa shape index (κ3) is 2.87. The Morgan fingerprint density at radius 1 is 1.29 bits per heavy atom. The van der Waals surface area contributed by atoms with Gasteiger partial charge in [0.2, 0.25) is 0 Å². The van der Waals surface area contributed by atoms with Gasteiger partial charge in [0.15, 0.2) is 0 Å².